The van der Waals surface area contributed by atoms with Crippen molar-refractivity contribution in [1.29, 1.82) is 0 Å². The highest BCUT2D eigenvalue weighted by Crippen LogP contribution is 2.37. The van der Waals surface area contributed by atoms with Gasteiger partial charge in [-0.25, -0.2) is 18.4 Å². The van der Waals surface area contributed by atoms with Crippen LogP contribution in [0.25, 0.3) is 22.3 Å². The highest BCUT2D eigenvalue weighted by atomic mass is 32.2. The lowest BCUT2D eigenvalue weighted by Crippen LogP contribution is -2.41. The molecule has 1 aliphatic rings. The highest BCUT2D eigenvalue weighted by molar-refractivity contribution is 7.91. The molecule has 2 aromatic heterocycles. The van der Waals surface area contributed by atoms with Crippen LogP contribution in [0.5, 0.6) is 0 Å². The number of hydrogen-bond donors (Lipinski definition) is 1. The predicted molar refractivity (Wildman–Crippen MR) is 154 cm³/mol. The van der Waals surface area contributed by atoms with Crippen LogP contribution in [0, 0.1) is 13.8 Å². The Bertz CT molecular complexity index is 1750. The van der Waals surface area contributed by atoms with Crippen molar-refractivity contribution in [2.24, 2.45) is 0 Å². The second kappa shape index (κ2) is 9.54. The number of sulfone groups is 1. The SMILES string of the molecule is Cc1ccc(B2OC(C)(C)C(C)(C)O2)c(S(=O)(=O)c2cnc3[nH]cc(-c4ccc(C(=O)N(C)C)c(C)c4)c3n2)c1. The Balaban J connectivity index is 1.59. The summed E-state index contributed by atoms with van der Waals surface area (Å²) in [6, 6.07) is 10.7. The fourth-order valence-corrected chi connectivity index (χ4v) is 6.13. The molecule has 11 heteroatoms. The Labute approximate surface area is 235 Å². The van der Waals surface area contributed by atoms with Crippen LogP contribution in [0.2, 0.25) is 0 Å². The third-order valence-corrected chi connectivity index (χ3v) is 9.45. The van der Waals surface area contributed by atoms with E-state index in [2.05, 4.69) is 15.0 Å². The Morgan fingerprint density at radius 1 is 1.00 bits per heavy atom. The van der Waals surface area contributed by atoms with Crippen molar-refractivity contribution in [3.8, 4) is 11.1 Å². The van der Waals surface area contributed by atoms with Crippen LogP contribution in [0.15, 0.2) is 58.7 Å². The van der Waals surface area contributed by atoms with Gasteiger partial charge in [0.2, 0.25) is 9.84 Å². The van der Waals surface area contributed by atoms with Gasteiger partial charge in [0.25, 0.3) is 5.91 Å². The first-order valence-corrected chi connectivity index (χ1v) is 14.5. The number of hydrogen-bond acceptors (Lipinski definition) is 7. The van der Waals surface area contributed by atoms with Gasteiger partial charge in [-0.3, -0.25) is 4.79 Å². The molecule has 0 atom stereocenters. The third kappa shape index (κ3) is 4.61. The summed E-state index contributed by atoms with van der Waals surface area (Å²) >= 11 is 0. The molecule has 9 nitrogen and oxygen atoms in total. The lowest BCUT2D eigenvalue weighted by Gasteiger charge is -2.32. The Morgan fingerprint density at radius 3 is 2.30 bits per heavy atom. The number of nitrogens with zero attached hydrogens (tertiary/aromatic N) is 3. The van der Waals surface area contributed by atoms with Gasteiger partial charge in [0.15, 0.2) is 10.7 Å². The molecular weight excluding hydrogens is 527 g/mol. The molecule has 0 radical (unpaired) electrons. The van der Waals surface area contributed by atoms with E-state index in [4.69, 9.17) is 9.31 Å². The molecule has 40 heavy (non-hydrogen) atoms. The van der Waals surface area contributed by atoms with Crippen LogP contribution in [0.1, 0.15) is 49.2 Å². The van der Waals surface area contributed by atoms with E-state index >= 15 is 0 Å². The Kier molecular flexibility index (Phi) is 6.68. The number of aromatic amines is 1. The summed E-state index contributed by atoms with van der Waals surface area (Å²) in [5.41, 5.74) is 3.66. The van der Waals surface area contributed by atoms with Gasteiger partial charge in [-0.2, -0.15) is 0 Å². The van der Waals surface area contributed by atoms with Crippen molar-refractivity contribution in [1.82, 2.24) is 19.9 Å². The first kappa shape index (κ1) is 28.0. The van der Waals surface area contributed by atoms with Crippen LogP contribution in [0.4, 0.5) is 0 Å². The Hall–Kier alpha value is -3.54. The highest BCUT2D eigenvalue weighted by Gasteiger charge is 2.53. The second-order valence-electron chi connectivity index (χ2n) is 11.5. The normalized spacial score (nSPS) is 16.4. The van der Waals surface area contributed by atoms with Crippen LogP contribution in [-0.2, 0) is 19.1 Å². The zero-order valence-corrected chi connectivity index (χ0v) is 24.8. The molecule has 5 rings (SSSR count). The van der Waals surface area contributed by atoms with E-state index in [1.165, 1.54) is 11.1 Å². The molecule has 0 unspecified atom stereocenters. The molecule has 0 aliphatic carbocycles. The molecule has 0 spiro atoms. The summed E-state index contributed by atoms with van der Waals surface area (Å²) in [6.45, 7) is 11.4. The molecule has 0 saturated carbocycles. The summed E-state index contributed by atoms with van der Waals surface area (Å²) in [7, 11) is -1.55. The zero-order valence-electron chi connectivity index (χ0n) is 24.0. The molecule has 1 saturated heterocycles. The maximum atomic E-state index is 14.1. The van der Waals surface area contributed by atoms with Gasteiger partial charge in [-0.15, -0.1) is 0 Å². The molecule has 2 aromatic carbocycles. The van der Waals surface area contributed by atoms with Crippen molar-refractivity contribution in [3.63, 3.8) is 0 Å². The molecule has 1 fully saturated rings. The van der Waals surface area contributed by atoms with E-state index in [0.29, 0.717) is 27.8 Å². The summed E-state index contributed by atoms with van der Waals surface area (Å²) in [4.78, 5) is 26.1. The minimum atomic E-state index is -4.11. The monoisotopic (exact) mass is 560 g/mol. The number of fused-ring (bicyclic) bond motifs is 1. The molecule has 1 aliphatic heterocycles. The smallest absolute Gasteiger partial charge is 0.399 e. The fourth-order valence-electron chi connectivity index (χ4n) is 4.69. The fraction of sp³-hybridized carbons (Fsp3) is 0.345. The summed E-state index contributed by atoms with van der Waals surface area (Å²) in [5, 5.41) is -0.180. The van der Waals surface area contributed by atoms with E-state index in [0.717, 1.165) is 16.7 Å². The summed E-state index contributed by atoms with van der Waals surface area (Å²) < 4.78 is 40.5. The second-order valence-corrected chi connectivity index (χ2v) is 13.3. The first-order chi connectivity index (χ1) is 18.6. The van der Waals surface area contributed by atoms with Crippen molar-refractivity contribution in [3.05, 3.63) is 65.5 Å². The van der Waals surface area contributed by atoms with Gasteiger partial charge in [-0.1, -0.05) is 24.3 Å². The third-order valence-electron chi connectivity index (χ3n) is 7.77. The van der Waals surface area contributed by atoms with E-state index in [9.17, 15) is 13.2 Å². The molecule has 4 aromatic rings. The molecule has 1 N–H and O–H groups in total. The van der Waals surface area contributed by atoms with E-state index < -0.39 is 28.2 Å². The summed E-state index contributed by atoms with van der Waals surface area (Å²) in [5.74, 6) is -0.0906. The quantitative estimate of drug-likeness (QED) is 0.366. The van der Waals surface area contributed by atoms with Crippen LogP contribution in [0.3, 0.4) is 0 Å². The largest absolute Gasteiger partial charge is 0.496 e. The van der Waals surface area contributed by atoms with E-state index in [1.54, 1.807) is 38.5 Å². The zero-order chi connectivity index (χ0) is 29.2. The maximum Gasteiger partial charge on any atom is 0.496 e. The van der Waals surface area contributed by atoms with Crippen molar-refractivity contribution in [2.75, 3.05) is 14.1 Å². The number of benzene rings is 2. The number of amides is 1. The molecule has 0 bridgehead atoms. The number of aromatic nitrogens is 3. The number of rotatable bonds is 5. The molecule has 208 valence electrons. The van der Waals surface area contributed by atoms with Crippen LogP contribution in [-0.4, -0.2) is 66.6 Å². The van der Waals surface area contributed by atoms with Crippen LogP contribution >= 0.6 is 0 Å². The van der Waals surface area contributed by atoms with Crippen molar-refractivity contribution in [2.45, 2.75) is 62.7 Å². The number of nitrogens with one attached hydrogen (secondary N) is 1. The lowest BCUT2D eigenvalue weighted by molar-refractivity contribution is 0.00578. The first-order valence-electron chi connectivity index (χ1n) is 13.0. The van der Waals surface area contributed by atoms with Gasteiger partial charge in [0.1, 0.15) is 5.52 Å². The summed E-state index contributed by atoms with van der Waals surface area (Å²) in [6.07, 6.45) is 3.00. The number of H-pyrrole nitrogens is 1. The van der Waals surface area contributed by atoms with Gasteiger partial charge in [0.05, 0.1) is 22.3 Å². The van der Waals surface area contributed by atoms with Gasteiger partial charge in [-0.05, 0) is 70.4 Å². The number of carbonyl (C=O) groups is 1. The topological polar surface area (TPSA) is 114 Å². The molecule has 3 heterocycles. The predicted octanol–water partition coefficient (Wildman–Crippen LogP) is 4.08. The van der Waals surface area contributed by atoms with E-state index in [1.807, 2.05) is 59.7 Å². The minimum absolute atomic E-state index is 0.0686. The van der Waals surface area contributed by atoms with Gasteiger partial charge < -0.3 is 19.2 Å². The number of aryl methyl sites for hydroxylation is 2. The van der Waals surface area contributed by atoms with Gasteiger partial charge >= 0.3 is 7.12 Å². The van der Waals surface area contributed by atoms with Crippen molar-refractivity contribution >= 4 is 39.5 Å². The van der Waals surface area contributed by atoms with E-state index in [-0.39, 0.29) is 15.8 Å². The van der Waals surface area contributed by atoms with Crippen LogP contribution < -0.4 is 5.46 Å². The Morgan fingerprint density at radius 2 is 1.68 bits per heavy atom. The average Bonchev–Trinajstić information content (AvgIpc) is 3.39. The average molecular weight is 560 g/mol. The standard InChI is InChI=1S/C29H33BN4O5S/c1-17-9-12-22(30-38-28(3,4)29(5,6)39-30)23(13-17)40(36,37)24-16-32-26-25(33-24)21(15-31-26)19-10-11-20(18(2)14-19)27(35)34(7)8/h9-16H,1-8H3,(H,31,32). The maximum absolute atomic E-state index is 14.1. The number of carbonyl (C=O) groups excluding carboxylic acids is 1. The molecular formula is C29H33BN4O5S. The van der Waals surface area contributed by atoms with Crippen molar-refractivity contribution < 1.29 is 22.5 Å². The lowest BCUT2D eigenvalue weighted by atomic mass is 9.79. The van der Waals surface area contributed by atoms with Gasteiger partial charge in [0, 0.05) is 36.9 Å². The molecule has 1 amide bonds. The minimum Gasteiger partial charge on any atom is -0.399 e.